The second kappa shape index (κ2) is 3.77. The molecular weight excluding hydrogens is 182 g/mol. The zero-order valence-corrected chi connectivity index (χ0v) is 8.57. The lowest BCUT2D eigenvalue weighted by atomic mass is 9.93. The minimum absolute atomic E-state index is 0.186. The summed E-state index contributed by atoms with van der Waals surface area (Å²) in [5.74, 6) is 4.09. The lowest BCUT2D eigenvalue weighted by molar-refractivity contribution is -0.129. The molecule has 78 valence electrons. The molecule has 0 aliphatic carbocycles. The highest BCUT2D eigenvalue weighted by Gasteiger charge is 2.42. The zero-order chi connectivity index (χ0) is 10.9. The van der Waals surface area contributed by atoms with Gasteiger partial charge in [0, 0.05) is 0 Å². The first-order valence-corrected chi connectivity index (χ1v) is 4.57. The second-order valence-corrected chi connectivity index (χ2v) is 3.83. The number of ketones is 1. The van der Waals surface area contributed by atoms with E-state index in [0.29, 0.717) is 5.71 Å². The Morgan fingerprint density at radius 2 is 2.14 bits per heavy atom. The van der Waals surface area contributed by atoms with Crippen molar-refractivity contribution in [2.45, 2.75) is 26.8 Å². The van der Waals surface area contributed by atoms with Gasteiger partial charge in [0.1, 0.15) is 11.7 Å². The summed E-state index contributed by atoms with van der Waals surface area (Å²) in [6.45, 7) is 5.26. The van der Waals surface area contributed by atoms with Crippen LogP contribution in [0.25, 0.3) is 0 Å². The minimum atomic E-state index is -0.785. The molecule has 1 aliphatic heterocycles. The molecule has 14 heavy (non-hydrogen) atoms. The highest BCUT2D eigenvalue weighted by Crippen LogP contribution is 2.19. The maximum Gasteiger partial charge on any atom is 0.237 e. The largest absolute Gasteiger partial charge is 0.347 e. The Labute approximate surface area is 82.7 Å². The third-order valence-electron chi connectivity index (χ3n) is 2.40. The summed E-state index contributed by atoms with van der Waals surface area (Å²) in [7, 11) is 0. The number of Topliss-reactive ketones (excluding diaryl/α,β-unsaturated/α-hetero) is 1. The first-order chi connectivity index (χ1) is 6.49. The molecule has 1 amide bonds. The molecule has 0 aromatic rings. The van der Waals surface area contributed by atoms with E-state index in [1.807, 2.05) is 13.8 Å². The van der Waals surface area contributed by atoms with Gasteiger partial charge in [0.05, 0.1) is 11.8 Å². The molecule has 1 fully saturated rings. The highest BCUT2D eigenvalue weighted by atomic mass is 16.2. The van der Waals surface area contributed by atoms with Crippen LogP contribution in [0.1, 0.15) is 20.8 Å². The summed E-state index contributed by atoms with van der Waals surface area (Å²) in [6, 6.07) is -0.207. The second-order valence-electron chi connectivity index (χ2n) is 3.83. The Kier molecular flexibility index (Phi) is 2.88. The van der Waals surface area contributed by atoms with Crippen LogP contribution in [-0.2, 0) is 9.59 Å². The van der Waals surface area contributed by atoms with Crippen LogP contribution >= 0.6 is 0 Å². The topological polar surface area (TPSA) is 84.5 Å². The van der Waals surface area contributed by atoms with Crippen molar-refractivity contribution >= 4 is 17.4 Å². The Bertz CT molecular complexity index is 296. The summed E-state index contributed by atoms with van der Waals surface area (Å²) < 4.78 is 0. The number of amides is 1. The van der Waals surface area contributed by atoms with Crippen molar-refractivity contribution in [1.82, 2.24) is 5.32 Å². The SMILES string of the molecule is CC(=O)C1C(=O)NC(C(C)C)/C1=N\N. The fraction of sp³-hybridized carbons (Fsp3) is 0.667. The Hall–Kier alpha value is -1.39. The van der Waals surface area contributed by atoms with Crippen molar-refractivity contribution in [3.63, 3.8) is 0 Å². The number of carbonyl (C=O) groups is 2. The van der Waals surface area contributed by atoms with Gasteiger partial charge >= 0.3 is 0 Å². The summed E-state index contributed by atoms with van der Waals surface area (Å²) >= 11 is 0. The van der Waals surface area contributed by atoms with Crippen LogP contribution < -0.4 is 11.2 Å². The van der Waals surface area contributed by atoms with Crippen molar-refractivity contribution in [3.05, 3.63) is 0 Å². The lowest BCUT2D eigenvalue weighted by Crippen LogP contribution is -2.34. The van der Waals surface area contributed by atoms with Gasteiger partial charge < -0.3 is 11.2 Å². The quantitative estimate of drug-likeness (QED) is 0.361. The van der Waals surface area contributed by atoms with E-state index in [1.54, 1.807) is 0 Å². The third-order valence-corrected chi connectivity index (χ3v) is 2.40. The number of hydrogen-bond donors (Lipinski definition) is 2. The monoisotopic (exact) mass is 197 g/mol. The van der Waals surface area contributed by atoms with Crippen molar-refractivity contribution in [3.8, 4) is 0 Å². The normalized spacial score (nSPS) is 29.7. The Morgan fingerprint density at radius 3 is 2.50 bits per heavy atom. The molecule has 1 saturated heterocycles. The smallest absolute Gasteiger partial charge is 0.237 e. The first-order valence-electron chi connectivity index (χ1n) is 4.57. The van der Waals surface area contributed by atoms with E-state index in [2.05, 4.69) is 10.4 Å². The fourth-order valence-electron chi connectivity index (χ4n) is 1.68. The van der Waals surface area contributed by atoms with Crippen LogP contribution in [0.4, 0.5) is 0 Å². The van der Waals surface area contributed by atoms with E-state index in [-0.39, 0.29) is 23.7 Å². The molecule has 0 bridgehead atoms. The molecule has 0 radical (unpaired) electrons. The molecule has 3 N–H and O–H groups in total. The van der Waals surface area contributed by atoms with Crippen LogP contribution in [0.5, 0.6) is 0 Å². The zero-order valence-electron chi connectivity index (χ0n) is 8.57. The molecule has 5 heteroatoms. The van der Waals surface area contributed by atoms with Crippen molar-refractivity contribution in [1.29, 1.82) is 0 Å². The number of hydrogen-bond acceptors (Lipinski definition) is 4. The van der Waals surface area contributed by atoms with Crippen LogP contribution in [0.2, 0.25) is 0 Å². The number of hydrazone groups is 1. The van der Waals surface area contributed by atoms with Gasteiger partial charge in [-0.25, -0.2) is 0 Å². The molecule has 5 nitrogen and oxygen atoms in total. The third kappa shape index (κ3) is 1.62. The predicted octanol–water partition coefficient (Wildman–Crippen LogP) is -0.339. The van der Waals surface area contributed by atoms with Gasteiger partial charge in [-0.2, -0.15) is 5.10 Å². The molecule has 0 saturated carbocycles. The van der Waals surface area contributed by atoms with Gasteiger partial charge in [0.25, 0.3) is 0 Å². The number of carbonyl (C=O) groups excluding carboxylic acids is 2. The summed E-state index contributed by atoms with van der Waals surface area (Å²) in [4.78, 5) is 22.6. The predicted molar refractivity (Wildman–Crippen MR) is 52.6 cm³/mol. The van der Waals surface area contributed by atoms with Gasteiger partial charge in [-0.1, -0.05) is 13.8 Å². The number of nitrogens with zero attached hydrogens (tertiary/aromatic N) is 1. The van der Waals surface area contributed by atoms with E-state index in [1.165, 1.54) is 6.92 Å². The standard InChI is InChI=1S/C9H15N3O2/c1-4(2)7-8(12-10)6(5(3)13)9(14)11-7/h4,6-7H,10H2,1-3H3,(H,11,14)/b12-8-. The van der Waals surface area contributed by atoms with Crippen molar-refractivity contribution in [2.75, 3.05) is 0 Å². The van der Waals surface area contributed by atoms with E-state index in [0.717, 1.165) is 0 Å². The Balaban J connectivity index is 3.01. The molecule has 2 atom stereocenters. The van der Waals surface area contributed by atoms with Gasteiger partial charge in [-0.15, -0.1) is 0 Å². The van der Waals surface area contributed by atoms with Gasteiger partial charge in [0.15, 0.2) is 0 Å². The average Bonchev–Trinajstić information content (AvgIpc) is 2.41. The van der Waals surface area contributed by atoms with E-state index >= 15 is 0 Å². The van der Waals surface area contributed by atoms with Crippen LogP contribution in [-0.4, -0.2) is 23.4 Å². The summed E-state index contributed by atoms with van der Waals surface area (Å²) in [5.41, 5.74) is 0.456. The molecule has 0 aromatic heterocycles. The van der Waals surface area contributed by atoms with Gasteiger partial charge in [-0.05, 0) is 12.8 Å². The van der Waals surface area contributed by atoms with Gasteiger partial charge in [-0.3, -0.25) is 9.59 Å². The summed E-state index contributed by atoms with van der Waals surface area (Å²) in [6.07, 6.45) is 0. The maximum atomic E-state index is 11.4. The number of rotatable bonds is 2. The maximum absolute atomic E-state index is 11.4. The van der Waals surface area contributed by atoms with Crippen molar-refractivity contribution in [2.24, 2.45) is 22.8 Å². The number of nitrogens with two attached hydrogens (primary N) is 1. The van der Waals surface area contributed by atoms with Crippen LogP contribution in [0.15, 0.2) is 5.10 Å². The first kappa shape index (κ1) is 10.7. The average molecular weight is 197 g/mol. The van der Waals surface area contributed by atoms with Crippen LogP contribution in [0.3, 0.4) is 0 Å². The lowest BCUT2D eigenvalue weighted by Gasteiger charge is -2.14. The molecule has 0 aromatic carbocycles. The number of nitrogens with one attached hydrogen (secondary N) is 1. The van der Waals surface area contributed by atoms with E-state index in [9.17, 15) is 9.59 Å². The molecule has 1 heterocycles. The highest BCUT2D eigenvalue weighted by molar-refractivity contribution is 6.25. The van der Waals surface area contributed by atoms with E-state index in [4.69, 9.17) is 5.84 Å². The molecule has 1 rings (SSSR count). The van der Waals surface area contributed by atoms with Crippen LogP contribution in [0, 0.1) is 11.8 Å². The van der Waals surface area contributed by atoms with Crippen molar-refractivity contribution < 1.29 is 9.59 Å². The molecular formula is C9H15N3O2. The molecule has 0 spiro atoms. The van der Waals surface area contributed by atoms with E-state index < -0.39 is 5.92 Å². The minimum Gasteiger partial charge on any atom is -0.347 e. The molecule has 2 unspecified atom stereocenters. The Morgan fingerprint density at radius 1 is 1.57 bits per heavy atom. The fourth-order valence-corrected chi connectivity index (χ4v) is 1.68. The van der Waals surface area contributed by atoms with Gasteiger partial charge in [0.2, 0.25) is 5.91 Å². The molecule has 1 aliphatic rings. The summed E-state index contributed by atoms with van der Waals surface area (Å²) in [5, 5.41) is 6.27.